The predicted octanol–water partition coefficient (Wildman–Crippen LogP) is 3.73. The number of nitrogens with one attached hydrogen (secondary N) is 1. The molecule has 1 aromatic carbocycles. The molecule has 5 heteroatoms. The van der Waals surface area contributed by atoms with Crippen molar-refractivity contribution in [1.82, 2.24) is 0 Å². The smallest absolute Gasteiger partial charge is 0.231 e. The first kappa shape index (κ1) is 13.6. The van der Waals surface area contributed by atoms with Gasteiger partial charge in [0.25, 0.3) is 0 Å². The fourth-order valence-corrected chi connectivity index (χ4v) is 3.96. The number of ether oxygens (including phenoxy) is 2. The average molecular weight is 292 g/mol. The predicted molar refractivity (Wildman–Crippen MR) is 83.9 cm³/mol. The standard InChI is InChI=1S/C15H20N2O2S/c1-3-10(4-2)14-8-16-15(20-14)17-11-5-6-12-13(7-11)19-9-18-12/h5-7,10,14H,3-4,8-9H2,1-2H3,(H,16,17). The largest absolute Gasteiger partial charge is 0.454 e. The van der Waals surface area contributed by atoms with Gasteiger partial charge in [-0.05, 0) is 18.1 Å². The van der Waals surface area contributed by atoms with E-state index in [9.17, 15) is 0 Å². The molecule has 2 aliphatic heterocycles. The molecule has 0 aliphatic carbocycles. The van der Waals surface area contributed by atoms with Gasteiger partial charge < -0.3 is 14.8 Å². The Kier molecular flexibility index (Phi) is 4.05. The van der Waals surface area contributed by atoms with Gasteiger partial charge in [-0.1, -0.05) is 38.5 Å². The van der Waals surface area contributed by atoms with Crippen LogP contribution in [0.15, 0.2) is 23.2 Å². The molecule has 2 heterocycles. The van der Waals surface area contributed by atoms with E-state index in [0.29, 0.717) is 12.0 Å². The van der Waals surface area contributed by atoms with Crippen LogP contribution >= 0.6 is 11.8 Å². The molecular formula is C15H20N2O2S. The Morgan fingerprint density at radius 3 is 2.90 bits per heavy atom. The summed E-state index contributed by atoms with van der Waals surface area (Å²) < 4.78 is 10.7. The van der Waals surface area contributed by atoms with Crippen LogP contribution < -0.4 is 14.8 Å². The summed E-state index contributed by atoms with van der Waals surface area (Å²) in [6.07, 6.45) is 2.45. The SMILES string of the molecule is CCC(CC)C1CN=C(Nc2ccc3c(c2)OCO3)S1. The summed E-state index contributed by atoms with van der Waals surface area (Å²) in [6, 6.07) is 5.90. The van der Waals surface area contributed by atoms with Gasteiger partial charge in [0.15, 0.2) is 16.7 Å². The van der Waals surface area contributed by atoms with Crippen molar-refractivity contribution in [3.63, 3.8) is 0 Å². The van der Waals surface area contributed by atoms with Crippen LogP contribution in [0.2, 0.25) is 0 Å². The molecule has 108 valence electrons. The zero-order valence-corrected chi connectivity index (χ0v) is 12.7. The number of benzene rings is 1. The number of anilines is 1. The van der Waals surface area contributed by atoms with Crippen molar-refractivity contribution >= 4 is 22.6 Å². The van der Waals surface area contributed by atoms with Gasteiger partial charge in [-0.15, -0.1) is 0 Å². The van der Waals surface area contributed by atoms with Gasteiger partial charge in [-0.25, -0.2) is 0 Å². The maximum absolute atomic E-state index is 5.39. The van der Waals surface area contributed by atoms with Gasteiger partial charge in [0, 0.05) is 17.0 Å². The Bertz CT molecular complexity index is 515. The van der Waals surface area contributed by atoms with Crippen LogP contribution in [0.3, 0.4) is 0 Å². The normalized spacial score (nSPS) is 20.4. The number of fused-ring (bicyclic) bond motifs is 1. The third-order valence-corrected chi connectivity index (χ3v) is 5.17. The molecule has 1 atom stereocenters. The van der Waals surface area contributed by atoms with E-state index in [1.165, 1.54) is 12.8 Å². The summed E-state index contributed by atoms with van der Waals surface area (Å²) >= 11 is 1.86. The van der Waals surface area contributed by atoms with Crippen LogP contribution in [0.25, 0.3) is 0 Å². The molecular weight excluding hydrogens is 272 g/mol. The number of hydrogen-bond acceptors (Lipinski definition) is 5. The molecule has 0 amide bonds. The van der Waals surface area contributed by atoms with Crippen molar-refractivity contribution in [2.24, 2.45) is 10.9 Å². The highest BCUT2D eigenvalue weighted by Gasteiger charge is 2.26. The highest BCUT2D eigenvalue weighted by Crippen LogP contribution is 2.36. The average Bonchev–Trinajstić information content (AvgIpc) is 3.09. The molecule has 2 aliphatic rings. The summed E-state index contributed by atoms with van der Waals surface area (Å²) in [5, 5.41) is 5.01. The molecule has 0 spiro atoms. The molecule has 3 rings (SSSR count). The van der Waals surface area contributed by atoms with E-state index in [4.69, 9.17) is 9.47 Å². The molecule has 1 N–H and O–H groups in total. The first-order valence-corrected chi connectivity index (χ1v) is 8.06. The number of hydrogen-bond donors (Lipinski definition) is 1. The third-order valence-electron chi connectivity index (χ3n) is 3.88. The number of amidine groups is 1. The molecule has 0 saturated carbocycles. The minimum atomic E-state index is 0.311. The van der Waals surface area contributed by atoms with Crippen LogP contribution in [0.5, 0.6) is 11.5 Å². The molecule has 0 saturated heterocycles. The number of aliphatic imine (C=N–C) groups is 1. The second kappa shape index (κ2) is 5.95. The van der Waals surface area contributed by atoms with Gasteiger partial charge in [0.2, 0.25) is 6.79 Å². The topological polar surface area (TPSA) is 42.9 Å². The lowest BCUT2D eigenvalue weighted by Gasteiger charge is -2.18. The van der Waals surface area contributed by atoms with E-state index >= 15 is 0 Å². The monoisotopic (exact) mass is 292 g/mol. The molecule has 0 aromatic heterocycles. The van der Waals surface area contributed by atoms with Crippen LogP contribution in [0, 0.1) is 5.92 Å². The highest BCUT2D eigenvalue weighted by molar-refractivity contribution is 8.15. The highest BCUT2D eigenvalue weighted by atomic mass is 32.2. The van der Waals surface area contributed by atoms with E-state index in [1.807, 2.05) is 30.0 Å². The summed E-state index contributed by atoms with van der Waals surface area (Å²) in [5.74, 6) is 2.36. The number of thioether (sulfide) groups is 1. The quantitative estimate of drug-likeness (QED) is 0.918. The van der Waals surface area contributed by atoms with Crippen molar-refractivity contribution in [1.29, 1.82) is 0 Å². The Labute approximate surface area is 123 Å². The van der Waals surface area contributed by atoms with E-state index in [1.54, 1.807) is 0 Å². The van der Waals surface area contributed by atoms with Gasteiger partial charge in [-0.2, -0.15) is 0 Å². The third kappa shape index (κ3) is 2.73. The Hall–Kier alpha value is -1.36. The first-order chi connectivity index (χ1) is 9.80. The van der Waals surface area contributed by atoms with Gasteiger partial charge in [0.05, 0.1) is 6.54 Å². The van der Waals surface area contributed by atoms with Crippen molar-refractivity contribution in [3.8, 4) is 11.5 Å². The van der Waals surface area contributed by atoms with Crippen LogP contribution in [0.4, 0.5) is 5.69 Å². The Morgan fingerprint density at radius 2 is 2.10 bits per heavy atom. The second-order valence-corrected chi connectivity index (χ2v) is 6.30. The summed E-state index contributed by atoms with van der Waals surface area (Å²) in [4.78, 5) is 4.62. The molecule has 0 bridgehead atoms. The first-order valence-electron chi connectivity index (χ1n) is 7.18. The lowest BCUT2D eigenvalue weighted by atomic mass is 9.99. The molecule has 1 aromatic rings. The van der Waals surface area contributed by atoms with Crippen LogP contribution in [-0.2, 0) is 0 Å². The van der Waals surface area contributed by atoms with Gasteiger partial charge in [-0.3, -0.25) is 4.99 Å². The zero-order chi connectivity index (χ0) is 13.9. The Morgan fingerprint density at radius 1 is 1.30 bits per heavy atom. The summed E-state index contributed by atoms with van der Waals surface area (Å²) in [5.41, 5.74) is 1.01. The van der Waals surface area contributed by atoms with E-state index in [2.05, 4.69) is 24.2 Å². The molecule has 4 nitrogen and oxygen atoms in total. The van der Waals surface area contributed by atoms with Crippen LogP contribution in [-0.4, -0.2) is 23.8 Å². The number of rotatable bonds is 4. The maximum atomic E-state index is 5.39. The lowest BCUT2D eigenvalue weighted by molar-refractivity contribution is 0.174. The summed E-state index contributed by atoms with van der Waals surface area (Å²) in [6.45, 7) is 5.76. The molecule has 0 radical (unpaired) electrons. The van der Waals surface area contributed by atoms with Gasteiger partial charge >= 0.3 is 0 Å². The minimum absolute atomic E-state index is 0.311. The molecule has 0 fully saturated rings. The van der Waals surface area contributed by atoms with Crippen molar-refractivity contribution in [2.75, 3.05) is 18.7 Å². The zero-order valence-electron chi connectivity index (χ0n) is 11.9. The van der Waals surface area contributed by atoms with Crippen LogP contribution in [0.1, 0.15) is 26.7 Å². The Balaban J connectivity index is 1.62. The summed E-state index contributed by atoms with van der Waals surface area (Å²) in [7, 11) is 0. The maximum Gasteiger partial charge on any atom is 0.231 e. The van der Waals surface area contributed by atoms with Crippen molar-refractivity contribution in [2.45, 2.75) is 31.9 Å². The minimum Gasteiger partial charge on any atom is -0.454 e. The second-order valence-electron chi connectivity index (χ2n) is 5.07. The van der Waals surface area contributed by atoms with E-state index < -0.39 is 0 Å². The van der Waals surface area contributed by atoms with Gasteiger partial charge in [0.1, 0.15) is 0 Å². The van der Waals surface area contributed by atoms with Crippen molar-refractivity contribution < 1.29 is 9.47 Å². The van der Waals surface area contributed by atoms with Crippen molar-refractivity contribution in [3.05, 3.63) is 18.2 Å². The fourth-order valence-electron chi connectivity index (χ4n) is 2.62. The molecule has 1 unspecified atom stereocenters. The fraction of sp³-hybridized carbons (Fsp3) is 0.533. The molecule has 20 heavy (non-hydrogen) atoms. The van der Waals surface area contributed by atoms with E-state index in [0.717, 1.165) is 34.8 Å². The lowest BCUT2D eigenvalue weighted by Crippen LogP contribution is -2.17. The van der Waals surface area contributed by atoms with E-state index in [-0.39, 0.29) is 0 Å². The number of nitrogens with zero attached hydrogens (tertiary/aromatic N) is 1.